The van der Waals surface area contributed by atoms with E-state index in [1.54, 1.807) is 6.92 Å². The average molecular weight is 336 g/mol. The predicted molar refractivity (Wildman–Crippen MR) is 86.9 cm³/mol. The van der Waals surface area contributed by atoms with Crippen LogP contribution >= 0.6 is 23.1 Å². The standard InChI is InChI=1S/C14H16N4O2S2/c1-3-15-13(20)16-12(19)11(10-7-5-4-6-8-10)22-14-18-17-9(2)21-14/h4-8,11H,3H2,1-2H3,(H2,15,16,19,20)/t11-/m1/s1. The van der Waals surface area contributed by atoms with Gasteiger partial charge in [-0.2, -0.15) is 0 Å². The van der Waals surface area contributed by atoms with Gasteiger partial charge in [0.25, 0.3) is 0 Å². The minimum Gasteiger partial charge on any atom is -0.338 e. The topological polar surface area (TPSA) is 84.0 Å². The van der Waals surface area contributed by atoms with Crippen molar-refractivity contribution in [1.29, 1.82) is 0 Å². The third kappa shape index (κ3) is 4.54. The molecule has 0 aliphatic rings. The number of hydrogen-bond donors (Lipinski definition) is 2. The van der Waals surface area contributed by atoms with Crippen LogP contribution in [0.25, 0.3) is 0 Å². The van der Waals surface area contributed by atoms with E-state index >= 15 is 0 Å². The van der Waals surface area contributed by atoms with Gasteiger partial charge in [0.15, 0.2) is 4.34 Å². The highest BCUT2D eigenvalue weighted by atomic mass is 32.2. The van der Waals surface area contributed by atoms with Crippen LogP contribution in [0.4, 0.5) is 4.79 Å². The van der Waals surface area contributed by atoms with Gasteiger partial charge < -0.3 is 5.32 Å². The van der Waals surface area contributed by atoms with Crippen molar-refractivity contribution in [3.8, 4) is 0 Å². The first-order chi connectivity index (χ1) is 10.6. The molecule has 0 radical (unpaired) electrons. The second-order valence-corrected chi connectivity index (χ2v) is 6.88. The minimum atomic E-state index is -0.559. The number of thioether (sulfide) groups is 1. The SMILES string of the molecule is CCNC(=O)NC(=O)[C@H](Sc1nnc(C)s1)c1ccccc1. The molecule has 0 unspecified atom stereocenters. The molecule has 0 aliphatic heterocycles. The van der Waals surface area contributed by atoms with E-state index < -0.39 is 11.3 Å². The van der Waals surface area contributed by atoms with Crippen LogP contribution in [0.1, 0.15) is 22.7 Å². The fraction of sp³-hybridized carbons (Fsp3) is 0.286. The summed E-state index contributed by atoms with van der Waals surface area (Å²) in [7, 11) is 0. The molecule has 3 amide bonds. The van der Waals surface area contributed by atoms with E-state index in [1.807, 2.05) is 37.3 Å². The maximum Gasteiger partial charge on any atom is 0.321 e. The number of nitrogens with zero attached hydrogens (tertiary/aromatic N) is 2. The lowest BCUT2D eigenvalue weighted by Crippen LogP contribution is -2.41. The van der Waals surface area contributed by atoms with Crippen molar-refractivity contribution in [2.45, 2.75) is 23.4 Å². The number of aryl methyl sites for hydroxylation is 1. The molecule has 1 aromatic carbocycles. The van der Waals surface area contributed by atoms with E-state index in [1.165, 1.54) is 23.1 Å². The fourth-order valence-corrected chi connectivity index (χ4v) is 3.72. The number of aromatic nitrogens is 2. The Kier molecular flexibility index (Phi) is 5.91. The Morgan fingerprint density at radius 2 is 2.00 bits per heavy atom. The van der Waals surface area contributed by atoms with Crippen molar-refractivity contribution in [3.63, 3.8) is 0 Å². The van der Waals surface area contributed by atoms with Gasteiger partial charge in [0.05, 0.1) is 0 Å². The largest absolute Gasteiger partial charge is 0.338 e. The van der Waals surface area contributed by atoms with Crippen molar-refractivity contribution in [3.05, 3.63) is 40.9 Å². The zero-order chi connectivity index (χ0) is 15.9. The van der Waals surface area contributed by atoms with Gasteiger partial charge in [0, 0.05) is 6.54 Å². The van der Waals surface area contributed by atoms with Gasteiger partial charge in [0.2, 0.25) is 5.91 Å². The van der Waals surface area contributed by atoms with E-state index in [0.717, 1.165) is 10.6 Å². The second kappa shape index (κ2) is 7.90. The molecule has 1 atom stereocenters. The molecule has 2 N–H and O–H groups in total. The van der Waals surface area contributed by atoms with Crippen LogP contribution in [0, 0.1) is 6.92 Å². The summed E-state index contributed by atoms with van der Waals surface area (Å²) in [4.78, 5) is 24.0. The normalized spacial score (nSPS) is 11.7. The summed E-state index contributed by atoms with van der Waals surface area (Å²) in [5.41, 5.74) is 0.808. The minimum absolute atomic E-state index is 0.380. The number of carbonyl (C=O) groups excluding carboxylic acids is 2. The monoisotopic (exact) mass is 336 g/mol. The number of imide groups is 1. The van der Waals surface area contributed by atoms with Crippen molar-refractivity contribution in [2.75, 3.05) is 6.54 Å². The molecular weight excluding hydrogens is 320 g/mol. The highest BCUT2D eigenvalue weighted by molar-refractivity contribution is 8.01. The highest BCUT2D eigenvalue weighted by Crippen LogP contribution is 2.36. The quantitative estimate of drug-likeness (QED) is 0.820. The molecule has 0 aliphatic carbocycles. The van der Waals surface area contributed by atoms with Crippen LogP contribution < -0.4 is 10.6 Å². The Morgan fingerprint density at radius 3 is 2.59 bits per heavy atom. The molecule has 0 bridgehead atoms. The van der Waals surface area contributed by atoms with Crippen LogP contribution in [-0.4, -0.2) is 28.7 Å². The molecule has 0 saturated carbocycles. The van der Waals surface area contributed by atoms with Gasteiger partial charge in [0.1, 0.15) is 10.3 Å². The van der Waals surface area contributed by atoms with Crippen molar-refractivity contribution >= 4 is 35.0 Å². The van der Waals surface area contributed by atoms with Crippen LogP contribution in [-0.2, 0) is 4.79 Å². The van der Waals surface area contributed by atoms with E-state index in [-0.39, 0.29) is 5.91 Å². The third-order valence-electron chi connectivity index (χ3n) is 2.64. The fourth-order valence-electron chi connectivity index (χ4n) is 1.71. The molecule has 1 heterocycles. The highest BCUT2D eigenvalue weighted by Gasteiger charge is 2.25. The maximum atomic E-state index is 12.4. The first-order valence-corrected chi connectivity index (χ1v) is 8.40. The Hall–Kier alpha value is -1.93. The number of benzene rings is 1. The summed E-state index contributed by atoms with van der Waals surface area (Å²) >= 11 is 2.70. The van der Waals surface area contributed by atoms with Gasteiger partial charge in [-0.1, -0.05) is 53.4 Å². The van der Waals surface area contributed by atoms with Gasteiger partial charge in [-0.25, -0.2) is 4.79 Å². The van der Waals surface area contributed by atoms with Crippen LogP contribution in [0.3, 0.4) is 0 Å². The summed E-state index contributed by atoms with van der Waals surface area (Å²) < 4.78 is 0.692. The van der Waals surface area contributed by atoms with Crippen LogP contribution in [0.15, 0.2) is 34.7 Å². The molecular formula is C14H16N4O2S2. The molecule has 0 fully saturated rings. The summed E-state index contributed by atoms with van der Waals surface area (Å²) in [5, 5.41) is 13.2. The molecule has 0 spiro atoms. The summed E-state index contributed by atoms with van der Waals surface area (Å²) in [6, 6.07) is 8.79. The number of hydrogen-bond acceptors (Lipinski definition) is 6. The Morgan fingerprint density at radius 1 is 1.27 bits per heavy atom. The lowest BCUT2D eigenvalue weighted by atomic mass is 10.1. The van der Waals surface area contributed by atoms with Crippen molar-refractivity contribution in [1.82, 2.24) is 20.8 Å². The third-order valence-corrected chi connectivity index (χ3v) is 4.82. The Labute approximate surface area is 136 Å². The van der Waals surface area contributed by atoms with Gasteiger partial charge >= 0.3 is 6.03 Å². The zero-order valence-corrected chi connectivity index (χ0v) is 13.8. The average Bonchev–Trinajstić information content (AvgIpc) is 2.91. The molecule has 2 aromatic rings. The van der Waals surface area contributed by atoms with Crippen LogP contribution in [0.2, 0.25) is 0 Å². The summed E-state index contributed by atoms with van der Waals surface area (Å²) in [5.74, 6) is -0.380. The predicted octanol–water partition coefficient (Wildman–Crippen LogP) is 2.53. The first kappa shape index (κ1) is 16.4. The van der Waals surface area contributed by atoms with Gasteiger partial charge in [-0.05, 0) is 19.4 Å². The number of rotatable bonds is 5. The molecule has 116 valence electrons. The van der Waals surface area contributed by atoms with E-state index in [9.17, 15) is 9.59 Å². The molecule has 8 heteroatoms. The molecule has 6 nitrogen and oxygen atoms in total. The lowest BCUT2D eigenvalue weighted by Gasteiger charge is -2.15. The molecule has 1 aromatic heterocycles. The molecule has 22 heavy (non-hydrogen) atoms. The van der Waals surface area contributed by atoms with Gasteiger partial charge in [-0.15, -0.1) is 10.2 Å². The van der Waals surface area contributed by atoms with Gasteiger partial charge in [-0.3, -0.25) is 10.1 Å². The first-order valence-electron chi connectivity index (χ1n) is 6.70. The van der Waals surface area contributed by atoms with E-state index in [2.05, 4.69) is 20.8 Å². The van der Waals surface area contributed by atoms with Crippen molar-refractivity contribution in [2.24, 2.45) is 0 Å². The second-order valence-electron chi connectivity index (χ2n) is 4.34. The number of nitrogens with one attached hydrogen (secondary N) is 2. The molecule has 0 saturated heterocycles. The number of urea groups is 1. The zero-order valence-electron chi connectivity index (χ0n) is 12.2. The number of amides is 3. The maximum absolute atomic E-state index is 12.4. The van der Waals surface area contributed by atoms with Crippen LogP contribution in [0.5, 0.6) is 0 Å². The molecule has 2 rings (SSSR count). The van der Waals surface area contributed by atoms with Crippen molar-refractivity contribution < 1.29 is 9.59 Å². The number of carbonyl (C=O) groups is 2. The Balaban J connectivity index is 2.18. The van der Waals surface area contributed by atoms with E-state index in [4.69, 9.17) is 0 Å². The summed E-state index contributed by atoms with van der Waals surface area (Å²) in [6.07, 6.45) is 0. The van der Waals surface area contributed by atoms with E-state index in [0.29, 0.717) is 10.9 Å². The summed E-state index contributed by atoms with van der Waals surface area (Å²) in [6.45, 7) is 4.10. The smallest absolute Gasteiger partial charge is 0.321 e. The Bertz CT molecular complexity index is 645. The lowest BCUT2D eigenvalue weighted by molar-refractivity contribution is -0.119.